The van der Waals surface area contributed by atoms with E-state index in [2.05, 4.69) is 6.92 Å². The minimum Gasteiger partial charge on any atom is -0.378 e. The maximum atomic E-state index is 11.6. The summed E-state index contributed by atoms with van der Waals surface area (Å²) in [5, 5.41) is 0.426. The highest BCUT2D eigenvalue weighted by Gasteiger charge is 2.18. The fourth-order valence-corrected chi connectivity index (χ4v) is 1.58. The van der Waals surface area contributed by atoms with Gasteiger partial charge >= 0.3 is 0 Å². The third-order valence-corrected chi connectivity index (χ3v) is 3.20. The highest BCUT2D eigenvalue weighted by atomic mass is 32.2. The van der Waals surface area contributed by atoms with Gasteiger partial charge in [-0.05, 0) is 6.26 Å². The van der Waals surface area contributed by atoms with E-state index < -0.39 is 0 Å². The highest BCUT2D eigenvalue weighted by molar-refractivity contribution is 7.99. The van der Waals surface area contributed by atoms with E-state index in [9.17, 15) is 4.79 Å². The van der Waals surface area contributed by atoms with Crippen molar-refractivity contribution in [2.24, 2.45) is 0 Å². The van der Waals surface area contributed by atoms with Crippen molar-refractivity contribution >= 4 is 17.7 Å². The van der Waals surface area contributed by atoms with Gasteiger partial charge in [0.15, 0.2) is 0 Å². The van der Waals surface area contributed by atoms with Crippen molar-refractivity contribution in [1.29, 1.82) is 0 Å². The van der Waals surface area contributed by atoms with Gasteiger partial charge in [-0.1, -0.05) is 6.92 Å². The minimum atomic E-state index is 0.269. The Morgan fingerprint density at radius 1 is 1.54 bits per heavy atom. The van der Waals surface area contributed by atoms with E-state index in [4.69, 9.17) is 4.74 Å². The number of carbonyl (C=O) groups excluding carboxylic acids is 1. The molecule has 1 amide bonds. The monoisotopic (exact) mass is 203 g/mol. The average Bonchev–Trinajstić information content (AvgIpc) is 2.19. The molecule has 0 aromatic rings. The van der Waals surface area contributed by atoms with Crippen molar-refractivity contribution in [3.63, 3.8) is 0 Å². The van der Waals surface area contributed by atoms with Gasteiger partial charge in [-0.2, -0.15) is 11.8 Å². The summed E-state index contributed by atoms with van der Waals surface area (Å²) in [7, 11) is 0. The number of ether oxygens (including phenoxy) is 1. The average molecular weight is 203 g/mol. The summed E-state index contributed by atoms with van der Waals surface area (Å²) >= 11 is 1.74. The van der Waals surface area contributed by atoms with E-state index in [1.807, 2.05) is 11.2 Å². The molecule has 0 spiro atoms. The van der Waals surface area contributed by atoms with E-state index in [-0.39, 0.29) is 5.91 Å². The van der Waals surface area contributed by atoms with Gasteiger partial charge in [-0.25, -0.2) is 0 Å². The van der Waals surface area contributed by atoms with Crippen molar-refractivity contribution < 1.29 is 9.53 Å². The van der Waals surface area contributed by atoms with Crippen molar-refractivity contribution in [2.75, 3.05) is 32.6 Å². The Labute approximate surface area is 83.8 Å². The summed E-state index contributed by atoms with van der Waals surface area (Å²) < 4.78 is 5.18. The van der Waals surface area contributed by atoms with Gasteiger partial charge < -0.3 is 9.64 Å². The molecule has 1 aliphatic heterocycles. The highest BCUT2D eigenvalue weighted by Crippen LogP contribution is 2.12. The lowest BCUT2D eigenvalue weighted by Gasteiger charge is -2.27. The largest absolute Gasteiger partial charge is 0.378 e. The van der Waals surface area contributed by atoms with Crippen LogP contribution in [-0.4, -0.2) is 48.6 Å². The van der Waals surface area contributed by atoms with E-state index >= 15 is 0 Å². The Kier molecular flexibility index (Phi) is 4.59. The van der Waals surface area contributed by atoms with Gasteiger partial charge in [-0.3, -0.25) is 4.79 Å². The molecule has 1 rings (SSSR count). The van der Waals surface area contributed by atoms with Crippen LogP contribution in [0.4, 0.5) is 0 Å². The van der Waals surface area contributed by atoms with Crippen LogP contribution in [0.3, 0.4) is 0 Å². The molecule has 0 saturated carbocycles. The van der Waals surface area contributed by atoms with Gasteiger partial charge in [-0.15, -0.1) is 0 Å². The molecule has 0 aliphatic carbocycles. The predicted octanol–water partition coefficient (Wildman–Crippen LogP) is 0.987. The number of hydrogen-bond acceptors (Lipinski definition) is 3. The maximum Gasteiger partial charge on any atom is 0.223 e. The molecular formula is C9H17NO2S. The molecule has 76 valence electrons. The van der Waals surface area contributed by atoms with E-state index in [0.29, 0.717) is 24.9 Å². The Morgan fingerprint density at radius 2 is 2.15 bits per heavy atom. The van der Waals surface area contributed by atoms with Gasteiger partial charge in [0.1, 0.15) is 0 Å². The molecule has 0 N–H and O–H groups in total. The quantitative estimate of drug-likeness (QED) is 0.685. The Hall–Kier alpha value is -0.220. The van der Waals surface area contributed by atoms with Crippen molar-refractivity contribution in [3.8, 4) is 0 Å². The van der Waals surface area contributed by atoms with Crippen LogP contribution in [0.25, 0.3) is 0 Å². The molecule has 1 saturated heterocycles. The molecule has 0 aromatic heterocycles. The Balaban J connectivity index is 2.29. The molecule has 0 bridgehead atoms. The van der Waals surface area contributed by atoms with Crippen LogP contribution in [0, 0.1) is 0 Å². The summed E-state index contributed by atoms with van der Waals surface area (Å²) in [6.45, 7) is 5.00. The van der Waals surface area contributed by atoms with Crippen molar-refractivity contribution in [2.45, 2.75) is 18.6 Å². The zero-order valence-corrected chi connectivity index (χ0v) is 9.10. The zero-order chi connectivity index (χ0) is 9.68. The van der Waals surface area contributed by atoms with E-state index in [0.717, 1.165) is 13.1 Å². The number of thioether (sulfide) groups is 1. The first-order valence-electron chi connectivity index (χ1n) is 4.62. The van der Waals surface area contributed by atoms with E-state index in [1.165, 1.54) is 0 Å². The van der Waals surface area contributed by atoms with Gasteiger partial charge in [0.05, 0.1) is 13.2 Å². The molecule has 0 radical (unpaired) electrons. The molecule has 1 heterocycles. The number of hydrogen-bond donors (Lipinski definition) is 0. The lowest BCUT2D eigenvalue weighted by atomic mass is 10.3. The first kappa shape index (κ1) is 10.9. The van der Waals surface area contributed by atoms with Crippen LogP contribution in [0.1, 0.15) is 13.3 Å². The molecule has 1 unspecified atom stereocenters. The smallest absolute Gasteiger partial charge is 0.223 e. The van der Waals surface area contributed by atoms with E-state index in [1.54, 1.807) is 11.8 Å². The molecule has 13 heavy (non-hydrogen) atoms. The summed E-state index contributed by atoms with van der Waals surface area (Å²) in [6, 6.07) is 0. The second-order valence-electron chi connectivity index (χ2n) is 3.24. The third kappa shape index (κ3) is 3.56. The number of morpholine rings is 1. The summed E-state index contributed by atoms with van der Waals surface area (Å²) in [5.74, 6) is 0.269. The van der Waals surface area contributed by atoms with Gasteiger partial charge in [0.25, 0.3) is 0 Å². The first-order chi connectivity index (χ1) is 6.24. The zero-order valence-electron chi connectivity index (χ0n) is 8.28. The van der Waals surface area contributed by atoms with Crippen LogP contribution in [0.2, 0.25) is 0 Å². The summed E-state index contributed by atoms with van der Waals surface area (Å²) in [6.07, 6.45) is 2.69. The number of carbonyl (C=O) groups is 1. The van der Waals surface area contributed by atoms with Gasteiger partial charge in [0, 0.05) is 24.8 Å². The number of nitrogens with zero attached hydrogens (tertiary/aromatic N) is 1. The number of rotatable bonds is 3. The van der Waals surface area contributed by atoms with Crippen LogP contribution >= 0.6 is 11.8 Å². The lowest BCUT2D eigenvalue weighted by molar-refractivity contribution is -0.135. The summed E-state index contributed by atoms with van der Waals surface area (Å²) in [5.41, 5.74) is 0. The second-order valence-corrected chi connectivity index (χ2v) is 4.52. The van der Waals surface area contributed by atoms with Crippen LogP contribution in [0.15, 0.2) is 0 Å². The molecule has 1 atom stereocenters. The molecule has 3 nitrogen and oxygen atoms in total. The first-order valence-corrected chi connectivity index (χ1v) is 5.91. The maximum absolute atomic E-state index is 11.6. The molecule has 4 heteroatoms. The molecule has 1 aliphatic rings. The fraction of sp³-hybridized carbons (Fsp3) is 0.889. The SMILES string of the molecule is CSC(C)CC(=O)N1CCOCC1. The summed E-state index contributed by atoms with van der Waals surface area (Å²) in [4.78, 5) is 13.5. The third-order valence-electron chi connectivity index (χ3n) is 2.23. The topological polar surface area (TPSA) is 29.5 Å². The standard InChI is InChI=1S/C9H17NO2S/c1-8(13-2)7-9(11)10-3-5-12-6-4-10/h8H,3-7H2,1-2H3. The molecule has 1 fully saturated rings. The van der Waals surface area contributed by atoms with Crippen molar-refractivity contribution in [3.05, 3.63) is 0 Å². The molecule has 0 aromatic carbocycles. The Bertz CT molecular complexity index is 169. The van der Waals surface area contributed by atoms with Gasteiger partial charge in [0.2, 0.25) is 5.91 Å². The van der Waals surface area contributed by atoms with Crippen LogP contribution in [0.5, 0.6) is 0 Å². The predicted molar refractivity (Wildman–Crippen MR) is 55.0 cm³/mol. The Morgan fingerprint density at radius 3 is 2.69 bits per heavy atom. The van der Waals surface area contributed by atoms with Crippen molar-refractivity contribution in [1.82, 2.24) is 4.90 Å². The van der Waals surface area contributed by atoms with Crippen LogP contribution in [-0.2, 0) is 9.53 Å². The number of amides is 1. The normalized spacial score (nSPS) is 20.0. The fourth-order valence-electron chi connectivity index (χ4n) is 1.27. The second kappa shape index (κ2) is 5.50. The lowest BCUT2D eigenvalue weighted by Crippen LogP contribution is -2.41. The minimum absolute atomic E-state index is 0.269. The molecular weight excluding hydrogens is 186 g/mol. The van der Waals surface area contributed by atoms with Crippen LogP contribution < -0.4 is 0 Å².